The third kappa shape index (κ3) is 24.3. The number of ketones is 2. The first-order valence-electron chi connectivity index (χ1n) is 7.63. The molecule has 6 nitrogen and oxygen atoms in total. The monoisotopic (exact) mass is 442 g/mol. The average Bonchev–Trinajstić information content (AvgIpc) is 2.42. The zero-order chi connectivity index (χ0) is 23.3. The molecule has 176 valence electrons. The van der Waals surface area contributed by atoms with Crippen molar-refractivity contribution >= 4 is 11.6 Å². The number of carbonyl (C=O) groups is 2. The van der Waals surface area contributed by atoms with Crippen molar-refractivity contribution in [3.63, 3.8) is 0 Å². The third-order valence-corrected chi connectivity index (χ3v) is 2.35. The zero-order valence-corrected chi connectivity index (χ0v) is 17.2. The summed E-state index contributed by atoms with van der Waals surface area (Å²) in [6, 6.07) is 0. The molecular formula is C17H32F6N2O4. The van der Waals surface area contributed by atoms with Crippen molar-refractivity contribution in [2.24, 2.45) is 0 Å². The van der Waals surface area contributed by atoms with Crippen LogP contribution >= 0.6 is 0 Å². The van der Waals surface area contributed by atoms with E-state index < -0.39 is 35.9 Å². The van der Waals surface area contributed by atoms with Gasteiger partial charge in [0.15, 0.2) is 5.78 Å². The van der Waals surface area contributed by atoms with Crippen molar-refractivity contribution in [1.29, 1.82) is 0 Å². The standard InChI is InChI=1S/C7H10F3NO.C5H13NO2.C4H5F3O.CH4/c1-5(12)6(4-11(2)3)7(8,9)10;1-6(2)5(7-3)8-4;1-3(8)2-4(5,6)7;/h4H,1-3H3;5H,1-4H3;2H2,1H3;1H4/b6-4-;;;. The van der Waals surface area contributed by atoms with Crippen molar-refractivity contribution in [3.05, 3.63) is 11.8 Å². The average molecular weight is 442 g/mol. The van der Waals surface area contributed by atoms with E-state index in [0.29, 0.717) is 0 Å². The van der Waals surface area contributed by atoms with Crippen LogP contribution in [0.4, 0.5) is 26.3 Å². The van der Waals surface area contributed by atoms with Crippen LogP contribution in [0.2, 0.25) is 0 Å². The maximum Gasteiger partial charge on any atom is 0.421 e. The molecule has 12 heteroatoms. The van der Waals surface area contributed by atoms with Crippen molar-refractivity contribution in [2.75, 3.05) is 42.4 Å². The first-order valence-corrected chi connectivity index (χ1v) is 7.63. The molecule has 0 bridgehead atoms. The second-order valence-electron chi connectivity index (χ2n) is 5.80. The van der Waals surface area contributed by atoms with E-state index in [-0.39, 0.29) is 13.8 Å². The van der Waals surface area contributed by atoms with E-state index in [1.165, 1.54) is 19.0 Å². The van der Waals surface area contributed by atoms with Crippen LogP contribution in [-0.2, 0) is 19.1 Å². The van der Waals surface area contributed by atoms with E-state index in [4.69, 9.17) is 9.47 Å². The number of hydrogen-bond acceptors (Lipinski definition) is 6. The van der Waals surface area contributed by atoms with Crippen molar-refractivity contribution in [1.82, 2.24) is 9.80 Å². The number of carbonyl (C=O) groups excluding carboxylic acids is 2. The van der Waals surface area contributed by atoms with Crippen molar-refractivity contribution in [2.45, 2.75) is 46.5 Å². The van der Waals surface area contributed by atoms with E-state index in [0.717, 1.165) is 20.0 Å². The lowest BCUT2D eigenvalue weighted by Crippen LogP contribution is -2.30. The summed E-state index contributed by atoms with van der Waals surface area (Å²) < 4.78 is 79.0. The Morgan fingerprint density at radius 2 is 1.31 bits per heavy atom. The number of ether oxygens (including phenoxy) is 2. The molecule has 0 aliphatic rings. The number of alkyl halides is 6. The first kappa shape index (κ1) is 34.8. The van der Waals surface area contributed by atoms with Crippen LogP contribution in [0.3, 0.4) is 0 Å². The molecule has 0 aliphatic carbocycles. The minimum absolute atomic E-state index is 0. The van der Waals surface area contributed by atoms with E-state index in [9.17, 15) is 35.9 Å². The van der Waals surface area contributed by atoms with Gasteiger partial charge in [0.05, 0.1) is 0 Å². The molecule has 0 unspecified atom stereocenters. The van der Waals surface area contributed by atoms with Crippen LogP contribution in [0.5, 0.6) is 0 Å². The van der Waals surface area contributed by atoms with E-state index in [2.05, 4.69) is 0 Å². The molecule has 0 spiro atoms. The van der Waals surface area contributed by atoms with Gasteiger partial charge in [-0.3, -0.25) is 14.5 Å². The van der Waals surface area contributed by atoms with Gasteiger partial charge in [-0.15, -0.1) is 0 Å². The van der Waals surface area contributed by atoms with Crippen LogP contribution in [-0.4, -0.2) is 82.5 Å². The van der Waals surface area contributed by atoms with Gasteiger partial charge in [-0.1, -0.05) is 7.43 Å². The molecule has 0 rings (SSSR count). The van der Waals surface area contributed by atoms with Gasteiger partial charge >= 0.3 is 12.4 Å². The fraction of sp³-hybridized carbons (Fsp3) is 0.765. The number of Topliss-reactive ketones (excluding diaryl/α,β-unsaturated/α-hetero) is 2. The Hall–Kier alpha value is -1.66. The molecule has 0 heterocycles. The number of nitrogens with zero attached hydrogens (tertiary/aromatic N) is 2. The zero-order valence-electron chi connectivity index (χ0n) is 17.2. The first-order chi connectivity index (χ1) is 12.4. The van der Waals surface area contributed by atoms with E-state index >= 15 is 0 Å². The van der Waals surface area contributed by atoms with Gasteiger partial charge in [0, 0.05) is 34.5 Å². The minimum atomic E-state index is -4.56. The highest BCUT2D eigenvalue weighted by Gasteiger charge is 2.36. The largest absolute Gasteiger partial charge is 0.421 e. The summed E-state index contributed by atoms with van der Waals surface area (Å²) in [5.41, 5.74) is -1.13. The van der Waals surface area contributed by atoms with Gasteiger partial charge < -0.3 is 14.4 Å². The third-order valence-electron chi connectivity index (χ3n) is 2.35. The second kappa shape index (κ2) is 16.2. The summed E-state index contributed by atoms with van der Waals surface area (Å²) in [6.45, 7) is 1.80. The Labute approximate surface area is 168 Å². The van der Waals surface area contributed by atoms with Crippen LogP contribution in [0.15, 0.2) is 11.8 Å². The summed E-state index contributed by atoms with van der Waals surface area (Å²) in [6.07, 6.45) is -9.65. The van der Waals surface area contributed by atoms with Gasteiger partial charge in [-0.2, -0.15) is 26.3 Å². The molecule has 0 aromatic carbocycles. The SMILES string of the molecule is C.CC(=O)/C(=C/N(C)C)C(F)(F)F.CC(=O)CC(F)(F)F.COC(OC)N(C)C. The highest BCUT2D eigenvalue weighted by atomic mass is 19.4. The molecule has 0 aromatic heterocycles. The predicted molar refractivity (Wildman–Crippen MR) is 98.1 cm³/mol. The molecule has 0 amide bonds. The molecule has 29 heavy (non-hydrogen) atoms. The Kier molecular flexibility index (Phi) is 19.4. The Balaban J connectivity index is -0.000000164. The summed E-state index contributed by atoms with van der Waals surface area (Å²) in [5, 5.41) is 0. The topological polar surface area (TPSA) is 59.1 Å². The molecule has 0 atom stereocenters. The molecule has 0 N–H and O–H groups in total. The normalized spacial score (nSPS) is 11.7. The Morgan fingerprint density at radius 3 is 1.34 bits per heavy atom. The summed E-state index contributed by atoms with van der Waals surface area (Å²) in [5.74, 6) is -1.83. The number of halogens is 6. The van der Waals surface area contributed by atoms with E-state index in [1.54, 1.807) is 14.2 Å². The van der Waals surface area contributed by atoms with Crippen LogP contribution < -0.4 is 0 Å². The van der Waals surface area contributed by atoms with Gasteiger partial charge in [0.2, 0.25) is 6.41 Å². The lowest BCUT2D eigenvalue weighted by molar-refractivity contribution is -0.179. The van der Waals surface area contributed by atoms with Crippen molar-refractivity contribution < 1.29 is 45.4 Å². The van der Waals surface area contributed by atoms with Gasteiger partial charge in [0.1, 0.15) is 17.8 Å². The lowest BCUT2D eigenvalue weighted by atomic mass is 10.2. The highest BCUT2D eigenvalue weighted by Crippen LogP contribution is 2.26. The quantitative estimate of drug-likeness (QED) is 0.354. The molecule has 0 aromatic rings. The fourth-order valence-electron chi connectivity index (χ4n) is 1.42. The smallest absolute Gasteiger partial charge is 0.383 e. The Bertz CT molecular complexity index is 485. The Morgan fingerprint density at radius 1 is 0.931 bits per heavy atom. The van der Waals surface area contributed by atoms with E-state index in [1.807, 2.05) is 19.0 Å². The van der Waals surface area contributed by atoms with Crippen LogP contribution in [0.25, 0.3) is 0 Å². The number of hydrogen-bond donors (Lipinski definition) is 0. The van der Waals surface area contributed by atoms with Gasteiger partial charge in [-0.05, 0) is 27.9 Å². The molecule has 0 radical (unpaired) electrons. The molecule has 0 aliphatic heterocycles. The summed E-state index contributed by atoms with van der Waals surface area (Å²) >= 11 is 0. The fourth-order valence-corrected chi connectivity index (χ4v) is 1.42. The number of methoxy groups -OCH3 is 2. The van der Waals surface area contributed by atoms with Crippen LogP contribution in [0, 0.1) is 0 Å². The maximum absolute atomic E-state index is 12.0. The minimum Gasteiger partial charge on any atom is -0.383 e. The molecule has 0 saturated carbocycles. The molecular weight excluding hydrogens is 410 g/mol. The molecule has 0 saturated heterocycles. The summed E-state index contributed by atoms with van der Waals surface area (Å²) in [4.78, 5) is 23.3. The number of allylic oxidation sites excluding steroid dienone is 1. The lowest BCUT2D eigenvalue weighted by Gasteiger charge is -2.19. The maximum atomic E-state index is 12.0. The van der Waals surface area contributed by atoms with Crippen molar-refractivity contribution in [3.8, 4) is 0 Å². The summed E-state index contributed by atoms with van der Waals surface area (Å²) in [7, 11) is 9.83. The number of rotatable bonds is 6. The van der Waals surface area contributed by atoms with Crippen LogP contribution in [0.1, 0.15) is 27.7 Å². The second-order valence-corrected chi connectivity index (χ2v) is 5.80. The van der Waals surface area contributed by atoms with Gasteiger partial charge in [0.25, 0.3) is 0 Å². The molecule has 0 fully saturated rings. The van der Waals surface area contributed by atoms with Gasteiger partial charge in [-0.25, -0.2) is 0 Å². The highest BCUT2D eigenvalue weighted by molar-refractivity contribution is 5.94. The predicted octanol–water partition coefficient (Wildman–Crippen LogP) is 3.87.